The standard InChI is InChI=1S/C15H17BrO2S/c1-9-7-13(10(2)19-9)15(16)12-6-5-11(17-3)8-14(12)18-4/h5-8,15H,1-4H3. The van der Waals surface area contributed by atoms with Gasteiger partial charge in [0, 0.05) is 21.4 Å². The second-order valence-corrected chi connectivity index (χ2v) is 6.72. The molecule has 19 heavy (non-hydrogen) atoms. The lowest BCUT2D eigenvalue weighted by Gasteiger charge is -2.15. The predicted octanol–water partition coefficient (Wildman–Crippen LogP) is 4.87. The molecule has 1 heterocycles. The first-order valence-corrected chi connectivity index (χ1v) is 7.73. The summed E-state index contributed by atoms with van der Waals surface area (Å²) in [4.78, 5) is 2.79. The molecule has 1 aromatic heterocycles. The molecule has 0 radical (unpaired) electrons. The maximum atomic E-state index is 5.47. The Labute approximate surface area is 126 Å². The Morgan fingerprint density at radius 3 is 2.32 bits per heavy atom. The molecule has 0 bridgehead atoms. The summed E-state index contributed by atoms with van der Waals surface area (Å²) in [6.07, 6.45) is 0. The fourth-order valence-electron chi connectivity index (χ4n) is 2.10. The molecule has 0 N–H and O–H groups in total. The molecule has 2 rings (SSSR count). The normalized spacial score (nSPS) is 12.3. The van der Waals surface area contributed by atoms with Gasteiger partial charge in [-0.3, -0.25) is 0 Å². The van der Waals surface area contributed by atoms with Crippen LogP contribution in [0.3, 0.4) is 0 Å². The average molecular weight is 341 g/mol. The summed E-state index contributed by atoms with van der Waals surface area (Å²) in [6.45, 7) is 4.28. The zero-order chi connectivity index (χ0) is 14.0. The first kappa shape index (κ1) is 14.4. The molecule has 0 aliphatic rings. The molecule has 4 heteroatoms. The van der Waals surface area contributed by atoms with Gasteiger partial charge < -0.3 is 9.47 Å². The second-order valence-electron chi connectivity index (χ2n) is 4.34. The third kappa shape index (κ3) is 2.95. The first-order valence-electron chi connectivity index (χ1n) is 5.99. The summed E-state index contributed by atoms with van der Waals surface area (Å²) in [5, 5.41) is 0. The van der Waals surface area contributed by atoms with E-state index in [0.29, 0.717) is 0 Å². The van der Waals surface area contributed by atoms with Crippen molar-refractivity contribution in [3.05, 3.63) is 45.1 Å². The van der Waals surface area contributed by atoms with Crippen LogP contribution in [-0.4, -0.2) is 14.2 Å². The summed E-state index contributed by atoms with van der Waals surface area (Å²) in [7, 11) is 3.34. The number of ether oxygens (including phenoxy) is 2. The lowest BCUT2D eigenvalue weighted by molar-refractivity contribution is 0.391. The maximum Gasteiger partial charge on any atom is 0.127 e. The van der Waals surface area contributed by atoms with E-state index in [1.807, 2.05) is 29.5 Å². The van der Waals surface area contributed by atoms with E-state index in [1.165, 1.54) is 15.3 Å². The Balaban J connectivity index is 2.43. The molecule has 0 aliphatic carbocycles. The third-order valence-electron chi connectivity index (χ3n) is 3.07. The van der Waals surface area contributed by atoms with Crippen LogP contribution < -0.4 is 9.47 Å². The summed E-state index contributed by atoms with van der Waals surface area (Å²) < 4.78 is 10.7. The van der Waals surface area contributed by atoms with E-state index < -0.39 is 0 Å². The maximum absolute atomic E-state index is 5.47. The Bertz CT molecular complexity index is 578. The van der Waals surface area contributed by atoms with Crippen molar-refractivity contribution < 1.29 is 9.47 Å². The van der Waals surface area contributed by atoms with E-state index >= 15 is 0 Å². The highest BCUT2D eigenvalue weighted by molar-refractivity contribution is 9.09. The molecule has 0 fully saturated rings. The number of methoxy groups -OCH3 is 2. The molecule has 1 aromatic carbocycles. The Morgan fingerprint density at radius 1 is 1.05 bits per heavy atom. The number of alkyl halides is 1. The summed E-state index contributed by atoms with van der Waals surface area (Å²) >= 11 is 5.60. The molecule has 1 atom stereocenters. The van der Waals surface area contributed by atoms with Crippen molar-refractivity contribution in [2.24, 2.45) is 0 Å². The fraction of sp³-hybridized carbons (Fsp3) is 0.333. The molecular weight excluding hydrogens is 324 g/mol. The first-order chi connectivity index (χ1) is 9.06. The van der Waals surface area contributed by atoms with Gasteiger partial charge in [-0.2, -0.15) is 0 Å². The van der Waals surface area contributed by atoms with Crippen LogP contribution in [0, 0.1) is 13.8 Å². The smallest absolute Gasteiger partial charge is 0.127 e. The van der Waals surface area contributed by atoms with E-state index in [2.05, 4.69) is 35.8 Å². The highest BCUT2D eigenvalue weighted by atomic mass is 79.9. The van der Waals surface area contributed by atoms with Gasteiger partial charge in [0.15, 0.2) is 0 Å². The zero-order valence-electron chi connectivity index (χ0n) is 11.5. The van der Waals surface area contributed by atoms with E-state index in [4.69, 9.17) is 9.47 Å². The Kier molecular flexibility index (Phi) is 4.53. The molecular formula is C15H17BrO2S. The molecule has 0 aliphatic heterocycles. The number of aryl methyl sites for hydroxylation is 2. The quantitative estimate of drug-likeness (QED) is 0.739. The lowest BCUT2D eigenvalue weighted by Crippen LogP contribution is -1.98. The van der Waals surface area contributed by atoms with E-state index in [-0.39, 0.29) is 4.83 Å². The van der Waals surface area contributed by atoms with Gasteiger partial charge in [-0.05, 0) is 31.5 Å². The van der Waals surface area contributed by atoms with Gasteiger partial charge in [-0.1, -0.05) is 22.0 Å². The SMILES string of the molecule is COc1ccc(C(Br)c2cc(C)sc2C)c(OC)c1. The van der Waals surface area contributed by atoms with Crippen molar-refractivity contribution >= 4 is 27.3 Å². The fourth-order valence-corrected chi connectivity index (χ4v) is 4.07. The van der Waals surface area contributed by atoms with Crippen molar-refractivity contribution in [3.63, 3.8) is 0 Å². The topological polar surface area (TPSA) is 18.5 Å². The highest BCUT2D eigenvalue weighted by Gasteiger charge is 2.19. The van der Waals surface area contributed by atoms with Crippen LogP contribution in [0.15, 0.2) is 24.3 Å². The molecule has 0 spiro atoms. The van der Waals surface area contributed by atoms with Crippen molar-refractivity contribution in [2.45, 2.75) is 18.7 Å². The van der Waals surface area contributed by atoms with Crippen LogP contribution in [0.5, 0.6) is 11.5 Å². The zero-order valence-corrected chi connectivity index (χ0v) is 13.9. The van der Waals surface area contributed by atoms with Crippen LogP contribution in [0.1, 0.15) is 25.7 Å². The van der Waals surface area contributed by atoms with Crippen molar-refractivity contribution in [1.82, 2.24) is 0 Å². The molecule has 2 aromatic rings. The van der Waals surface area contributed by atoms with Gasteiger partial charge in [0.2, 0.25) is 0 Å². The minimum absolute atomic E-state index is 0.137. The molecule has 1 unspecified atom stereocenters. The number of hydrogen-bond donors (Lipinski definition) is 0. The third-order valence-corrected chi connectivity index (χ3v) is 5.03. The molecule has 0 saturated carbocycles. The van der Waals surface area contributed by atoms with Gasteiger partial charge in [-0.15, -0.1) is 11.3 Å². The van der Waals surface area contributed by atoms with E-state index in [9.17, 15) is 0 Å². The highest BCUT2D eigenvalue weighted by Crippen LogP contribution is 2.41. The molecule has 0 saturated heterocycles. The molecule has 102 valence electrons. The van der Waals surface area contributed by atoms with Gasteiger partial charge in [0.25, 0.3) is 0 Å². The molecule has 2 nitrogen and oxygen atoms in total. The summed E-state index contributed by atoms with van der Waals surface area (Å²) in [6, 6.07) is 8.14. The monoisotopic (exact) mass is 340 g/mol. The van der Waals surface area contributed by atoms with Crippen LogP contribution in [0.4, 0.5) is 0 Å². The number of rotatable bonds is 4. The lowest BCUT2D eigenvalue weighted by atomic mass is 10.0. The van der Waals surface area contributed by atoms with Crippen molar-refractivity contribution in [2.75, 3.05) is 14.2 Å². The van der Waals surface area contributed by atoms with Crippen LogP contribution >= 0.6 is 27.3 Å². The van der Waals surface area contributed by atoms with Crippen LogP contribution in [0.2, 0.25) is 0 Å². The van der Waals surface area contributed by atoms with Gasteiger partial charge in [0.05, 0.1) is 19.0 Å². The van der Waals surface area contributed by atoms with E-state index in [1.54, 1.807) is 14.2 Å². The van der Waals surface area contributed by atoms with Gasteiger partial charge in [0.1, 0.15) is 11.5 Å². The second kappa shape index (κ2) is 5.97. The van der Waals surface area contributed by atoms with Gasteiger partial charge >= 0.3 is 0 Å². The Morgan fingerprint density at radius 2 is 1.79 bits per heavy atom. The van der Waals surface area contributed by atoms with Crippen LogP contribution in [0.25, 0.3) is 0 Å². The van der Waals surface area contributed by atoms with Crippen molar-refractivity contribution in [1.29, 1.82) is 0 Å². The van der Waals surface area contributed by atoms with Gasteiger partial charge in [-0.25, -0.2) is 0 Å². The average Bonchev–Trinajstić information content (AvgIpc) is 2.76. The Hall–Kier alpha value is -1.00. The number of halogens is 1. The molecule has 0 amide bonds. The minimum atomic E-state index is 0.137. The van der Waals surface area contributed by atoms with Crippen LogP contribution in [-0.2, 0) is 0 Å². The van der Waals surface area contributed by atoms with E-state index in [0.717, 1.165) is 17.1 Å². The summed E-state index contributed by atoms with van der Waals surface area (Å²) in [5.41, 5.74) is 2.41. The number of hydrogen-bond acceptors (Lipinski definition) is 3. The van der Waals surface area contributed by atoms with Crippen molar-refractivity contribution in [3.8, 4) is 11.5 Å². The summed E-state index contributed by atoms with van der Waals surface area (Å²) in [5.74, 6) is 1.64. The predicted molar refractivity (Wildman–Crippen MR) is 84.1 cm³/mol. The number of benzene rings is 1. The largest absolute Gasteiger partial charge is 0.497 e. The minimum Gasteiger partial charge on any atom is -0.497 e. The number of thiophene rings is 1.